The molecule has 2 atom stereocenters. The normalized spacial score (nSPS) is 34.5. The van der Waals surface area contributed by atoms with Crippen LogP contribution in [0.3, 0.4) is 0 Å². The van der Waals surface area contributed by atoms with Crippen molar-refractivity contribution in [2.75, 3.05) is 13.1 Å². The lowest BCUT2D eigenvalue weighted by atomic mass is 9.75. The van der Waals surface area contributed by atoms with E-state index in [-0.39, 0.29) is 6.10 Å². The molecule has 0 unspecified atom stereocenters. The van der Waals surface area contributed by atoms with Gasteiger partial charge in [-0.1, -0.05) is 20.8 Å². The Hall–Kier alpha value is -0.0800. The van der Waals surface area contributed by atoms with Gasteiger partial charge in [0.25, 0.3) is 0 Å². The Balaban J connectivity index is 1.85. The van der Waals surface area contributed by atoms with Crippen LogP contribution in [-0.4, -0.2) is 35.2 Å². The van der Waals surface area contributed by atoms with Crippen LogP contribution in [0.2, 0.25) is 0 Å². The fourth-order valence-electron chi connectivity index (χ4n) is 3.44. The predicted octanol–water partition coefficient (Wildman–Crippen LogP) is 2.66. The molecule has 94 valence electrons. The SMILES string of the molecule is CC(C)(C)C1CCN([C@@H]2CCC[C@H]2O)CC1. The highest BCUT2D eigenvalue weighted by molar-refractivity contribution is 4.89. The van der Waals surface area contributed by atoms with Gasteiger partial charge in [0.15, 0.2) is 0 Å². The van der Waals surface area contributed by atoms with Gasteiger partial charge in [-0.3, -0.25) is 4.90 Å². The van der Waals surface area contributed by atoms with Crippen molar-refractivity contribution < 1.29 is 5.11 Å². The zero-order chi connectivity index (χ0) is 11.8. The molecule has 0 amide bonds. The van der Waals surface area contributed by atoms with Crippen LogP contribution in [0, 0.1) is 11.3 Å². The van der Waals surface area contributed by atoms with Gasteiger partial charge in [0.1, 0.15) is 0 Å². The molecule has 0 aromatic carbocycles. The van der Waals surface area contributed by atoms with Gasteiger partial charge >= 0.3 is 0 Å². The third kappa shape index (κ3) is 2.60. The van der Waals surface area contributed by atoms with Crippen LogP contribution in [0.5, 0.6) is 0 Å². The lowest BCUT2D eigenvalue weighted by Crippen LogP contribution is -2.46. The maximum Gasteiger partial charge on any atom is 0.0695 e. The molecular weight excluding hydrogens is 198 g/mol. The largest absolute Gasteiger partial charge is 0.391 e. The third-order valence-electron chi connectivity index (χ3n) is 4.67. The average molecular weight is 225 g/mol. The highest BCUT2D eigenvalue weighted by atomic mass is 16.3. The second kappa shape index (κ2) is 4.66. The molecule has 1 heterocycles. The van der Waals surface area contributed by atoms with Gasteiger partial charge in [0.05, 0.1) is 6.10 Å². The third-order valence-corrected chi connectivity index (χ3v) is 4.67. The van der Waals surface area contributed by atoms with E-state index in [1.165, 1.54) is 38.8 Å². The molecule has 0 bridgehead atoms. The van der Waals surface area contributed by atoms with Crippen molar-refractivity contribution in [1.29, 1.82) is 0 Å². The number of nitrogens with zero attached hydrogens (tertiary/aromatic N) is 1. The fraction of sp³-hybridized carbons (Fsp3) is 1.00. The molecule has 2 heteroatoms. The molecule has 1 aliphatic heterocycles. The monoisotopic (exact) mass is 225 g/mol. The van der Waals surface area contributed by atoms with Gasteiger partial charge in [-0.05, 0) is 56.5 Å². The molecule has 1 N–H and O–H groups in total. The summed E-state index contributed by atoms with van der Waals surface area (Å²) in [6.45, 7) is 9.47. The van der Waals surface area contributed by atoms with E-state index < -0.39 is 0 Å². The minimum Gasteiger partial charge on any atom is -0.391 e. The van der Waals surface area contributed by atoms with Crippen molar-refractivity contribution in [3.8, 4) is 0 Å². The summed E-state index contributed by atoms with van der Waals surface area (Å²) in [4.78, 5) is 2.54. The number of piperidine rings is 1. The van der Waals surface area contributed by atoms with Crippen LogP contribution >= 0.6 is 0 Å². The highest BCUT2D eigenvalue weighted by Gasteiger charge is 2.35. The summed E-state index contributed by atoms with van der Waals surface area (Å²) in [5, 5.41) is 9.93. The summed E-state index contributed by atoms with van der Waals surface area (Å²) in [7, 11) is 0. The first-order valence-electron chi connectivity index (χ1n) is 6.90. The summed E-state index contributed by atoms with van der Waals surface area (Å²) in [5.41, 5.74) is 0.459. The van der Waals surface area contributed by atoms with Gasteiger partial charge in [-0.15, -0.1) is 0 Å². The number of likely N-dealkylation sites (tertiary alicyclic amines) is 1. The number of aliphatic hydroxyl groups excluding tert-OH is 1. The van der Waals surface area contributed by atoms with Crippen LogP contribution in [0.15, 0.2) is 0 Å². The Morgan fingerprint density at radius 2 is 1.62 bits per heavy atom. The van der Waals surface area contributed by atoms with Crippen LogP contribution in [0.4, 0.5) is 0 Å². The van der Waals surface area contributed by atoms with Gasteiger partial charge in [0, 0.05) is 6.04 Å². The quantitative estimate of drug-likeness (QED) is 0.741. The molecule has 2 nitrogen and oxygen atoms in total. The molecule has 2 rings (SSSR count). The van der Waals surface area contributed by atoms with E-state index >= 15 is 0 Å². The van der Waals surface area contributed by atoms with E-state index in [1.807, 2.05) is 0 Å². The molecule has 1 aliphatic carbocycles. The van der Waals surface area contributed by atoms with Gasteiger partial charge in [-0.2, -0.15) is 0 Å². The minimum absolute atomic E-state index is 0.0498. The van der Waals surface area contributed by atoms with E-state index in [2.05, 4.69) is 25.7 Å². The molecule has 0 radical (unpaired) electrons. The Kier molecular flexibility index (Phi) is 3.60. The first-order chi connectivity index (χ1) is 7.48. The topological polar surface area (TPSA) is 23.5 Å². The maximum atomic E-state index is 9.93. The molecule has 2 aliphatic rings. The number of hydrogen-bond donors (Lipinski definition) is 1. The van der Waals surface area contributed by atoms with Crippen molar-refractivity contribution >= 4 is 0 Å². The van der Waals surface area contributed by atoms with Crippen molar-refractivity contribution in [2.45, 2.75) is 65.0 Å². The summed E-state index contributed by atoms with van der Waals surface area (Å²) in [6, 6.07) is 0.473. The fourth-order valence-corrected chi connectivity index (χ4v) is 3.44. The van der Waals surface area contributed by atoms with E-state index in [0.29, 0.717) is 11.5 Å². The molecule has 2 fully saturated rings. The Bertz CT molecular complexity index is 225. The number of hydrogen-bond acceptors (Lipinski definition) is 2. The second-order valence-corrected chi connectivity index (χ2v) is 6.74. The van der Waals surface area contributed by atoms with Gasteiger partial charge in [-0.25, -0.2) is 0 Å². The highest BCUT2D eigenvalue weighted by Crippen LogP contribution is 2.36. The Morgan fingerprint density at radius 3 is 2.06 bits per heavy atom. The molecule has 0 aromatic rings. The molecule has 0 aromatic heterocycles. The zero-order valence-electron chi connectivity index (χ0n) is 11.1. The van der Waals surface area contributed by atoms with E-state index in [4.69, 9.17) is 0 Å². The Morgan fingerprint density at radius 1 is 1.00 bits per heavy atom. The van der Waals surface area contributed by atoms with Crippen molar-refractivity contribution in [2.24, 2.45) is 11.3 Å². The van der Waals surface area contributed by atoms with Gasteiger partial charge < -0.3 is 5.11 Å². The van der Waals surface area contributed by atoms with Crippen molar-refractivity contribution in [3.05, 3.63) is 0 Å². The van der Waals surface area contributed by atoms with Crippen LogP contribution in [0.1, 0.15) is 52.9 Å². The number of aliphatic hydroxyl groups is 1. The summed E-state index contributed by atoms with van der Waals surface area (Å²) >= 11 is 0. The van der Waals surface area contributed by atoms with Gasteiger partial charge in [0.2, 0.25) is 0 Å². The van der Waals surface area contributed by atoms with Crippen molar-refractivity contribution in [3.63, 3.8) is 0 Å². The van der Waals surface area contributed by atoms with Crippen LogP contribution < -0.4 is 0 Å². The minimum atomic E-state index is -0.0498. The molecule has 16 heavy (non-hydrogen) atoms. The first kappa shape index (κ1) is 12.4. The second-order valence-electron chi connectivity index (χ2n) is 6.74. The molecule has 1 saturated heterocycles. The van der Waals surface area contributed by atoms with E-state index in [1.54, 1.807) is 0 Å². The molecule has 0 spiro atoms. The average Bonchev–Trinajstić information content (AvgIpc) is 2.63. The van der Waals surface area contributed by atoms with Crippen molar-refractivity contribution in [1.82, 2.24) is 4.90 Å². The molecular formula is C14H27NO. The summed E-state index contributed by atoms with van der Waals surface area (Å²) in [5.74, 6) is 0.863. The lowest BCUT2D eigenvalue weighted by molar-refractivity contribution is 0.0306. The van der Waals surface area contributed by atoms with E-state index in [9.17, 15) is 5.11 Å². The summed E-state index contributed by atoms with van der Waals surface area (Å²) in [6.07, 6.45) is 6.02. The standard InChI is InChI=1S/C14H27NO/c1-14(2,3)11-7-9-15(10-8-11)12-5-4-6-13(12)16/h11-13,16H,4-10H2,1-3H3/t12-,13-/m1/s1. The molecule has 1 saturated carbocycles. The zero-order valence-corrected chi connectivity index (χ0v) is 11.1. The smallest absolute Gasteiger partial charge is 0.0695 e. The van der Waals surface area contributed by atoms with Crippen LogP contribution in [-0.2, 0) is 0 Å². The Labute approximate surface area is 100 Å². The van der Waals surface area contributed by atoms with E-state index in [0.717, 1.165) is 12.3 Å². The predicted molar refractivity (Wildman–Crippen MR) is 67.4 cm³/mol. The first-order valence-corrected chi connectivity index (χ1v) is 6.90. The summed E-state index contributed by atoms with van der Waals surface area (Å²) < 4.78 is 0. The number of rotatable bonds is 1. The maximum absolute atomic E-state index is 9.93. The lowest BCUT2D eigenvalue weighted by Gasteiger charge is -2.41. The van der Waals surface area contributed by atoms with Crippen LogP contribution in [0.25, 0.3) is 0 Å².